The molecule has 5 nitrogen and oxygen atoms in total. The molecule has 0 amide bonds. The van der Waals surface area contributed by atoms with Gasteiger partial charge in [-0.05, 0) is 31.6 Å². The maximum absolute atomic E-state index is 12.3. The Morgan fingerprint density at radius 1 is 1.37 bits per heavy atom. The summed E-state index contributed by atoms with van der Waals surface area (Å²) in [6.07, 6.45) is 1.60. The molecule has 0 spiro atoms. The quantitative estimate of drug-likeness (QED) is 0.640. The Morgan fingerprint density at radius 2 is 2.05 bits per heavy atom. The van der Waals surface area contributed by atoms with Crippen LogP contribution in [0.2, 0.25) is 0 Å². The summed E-state index contributed by atoms with van der Waals surface area (Å²) in [6.45, 7) is 9.12. The van der Waals surface area contributed by atoms with Gasteiger partial charge in [0.15, 0.2) is 0 Å². The summed E-state index contributed by atoms with van der Waals surface area (Å²) in [4.78, 5) is 0. The van der Waals surface area contributed by atoms with Crippen LogP contribution < -0.4 is 0 Å². The van der Waals surface area contributed by atoms with E-state index in [9.17, 15) is 4.57 Å². The zero-order valence-corrected chi connectivity index (χ0v) is 13.5. The lowest BCUT2D eigenvalue weighted by Crippen LogP contribution is -2.26. The van der Waals surface area contributed by atoms with Gasteiger partial charge < -0.3 is 4.74 Å². The van der Waals surface area contributed by atoms with Crippen LogP contribution in [0.5, 0.6) is 0 Å². The van der Waals surface area contributed by atoms with Crippen LogP contribution in [0, 0.1) is 11.8 Å². The Morgan fingerprint density at radius 3 is 2.58 bits per heavy atom. The molecular formula is C13H27O5P. The number of hydrogen-bond donors (Lipinski definition) is 0. The highest BCUT2D eigenvalue weighted by molar-refractivity contribution is 7.48. The van der Waals surface area contributed by atoms with E-state index in [1.807, 2.05) is 13.8 Å². The van der Waals surface area contributed by atoms with E-state index in [1.165, 1.54) is 7.11 Å². The first-order valence-corrected chi connectivity index (χ1v) is 8.48. The molecule has 0 N–H and O–H groups in total. The summed E-state index contributed by atoms with van der Waals surface area (Å²) >= 11 is 0. The molecule has 6 heteroatoms. The topological polar surface area (TPSA) is 54.0 Å². The second-order valence-electron chi connectivity index (χ2n) is 5.36. The van der Waals surface area contributed by atoms with E-state index in [0.29, 0.717) is 11.8 Å². The minimum Gasteiger partial charge on any atom is -0.375 e. The molecule has 1 saturated heterocycles. The molecule has 114 valence electrons. The van der Waals surface area contributed by atoms with E-state index in [0.717, 1.165) is 19.4 Å². The fourth-order valence-electron chi connectivity index (χ4n) is 2.19. The molecule has 1 rings (SSSR count). The highest BCUT2D eigenvalue weighted by Crippen LogP contribution is 2.50. The fourth-order valence-corrected chi connectivity index (χ4v) is 3.36. The minimum atomic E-state index is -3.46. The minimum absolute atomic E-state index is 0.0241. The number of ether oxygens (including phenoxy) is 1. The van der Waals surface area contributed by atoms with E-state index in [4.69, 9.17) is 18.3 Å². The summed E-state index contributed by atoms with van der Waals surface area (Å²) in [7, 11) is -2.12. The predicted octanol–water partition coefficient (Wildman–Crippen LogP) is 3.63. The molecule has 19 heavy (non-hydrogen) atoms. The highest BCUT2D eigenvalue weighted by Gasteiger charge is 2.35. The third kappa shape index (κ3) is 5.16. The van der Waals surface area contributed by atoms with Crippen molar-refractivity contribution in [3.05, 3.63) is 0 Å². The third-order valence-electron chi connectivity index (χ3n) is 3.62. The molecule has 4 unspecified atom stereocenters. The van der Waals surface area contributed by atoms with Gasteiger partial charge in [0.1, 0.15) is 0 Å². The average Bonchev–Trinajstić information content (AvgIpc) is 2.85. The zero-order valence-electron chi connectivity index (χ0n) is 12.6. The van der Waals surface area contributed by atoms with Crippen LogP contribution in [-0.4, -0.2) is 32.5 Å². The van der Waals surface area contributed by atoms with Gasteiger partial charge in [0.2, 0.25) is 0 Å². The molecule has 0 bridgehead atoms. The standard InChI is InChI=1S/C13H27O5P/c1-6-11(4)18-19(14,15-5)17-9-13-12(10(2)3)7-8-16-13/h10-13H,6-9H2,1-5H3. The molecule has 0 aromatic rings. The SMILES string of the molecule is CCC(C)OP(=O)(OC)OCC1OCCC1C(C)C. The molecule has 4 atom stereocenters. The Kier molecular flexibility index (Phi) is 6.98. The van der Waals surface area contributed by atoms with Gasteiger partial charge in [-0.1, -0.05) is 20.8 Å². The predicted molar refractivity (Wildman–Crippen MR) is 74.1 cm³/mol. The molecule has 1 heterocycles. The van der Waals surface area contributed by atoms with Gasteiger partial charge in [0.25, 0.3) is 0 Å². The van der Waals surface area contributed by atoms with Gasteiger partial charge in [-0.25, -0.2) is 4.57 Å². The number of phosphoric ester groups is 1. The molecule has 1 fully saturated rings. The Labute approximate surface area is 116 Å². The zero-order chi connectivity index (χ0) is 14.5. The van der Waals surface area contributed by atoms with E-state index in [-0.39, 0.29) is 18.8 Å². The van der Waals surface area contributed by atoms with E-state index in [2.05, 4.69) is 13.8 Å². The Hall–Kier alpha value is 0.0700. The summed E-state index contributed by atoms with van der Waals surface area (Å²) in [6, 6.07) is 0. The van der Waals surface area contributed by atoms with Crippen molar-refractivity contribution in [3.63, 3.8) is 0 Å². The first kappa shape index (κ1) is 17.1. The van der Waals surface area contributed by atoms with Gasteiger partial charge in [0, 0.05) is 13.7 Å². The maximum Gasteiger partial charge on any atom is 0.474 e. The first-order chi connectivity index (χ1) is 8.91. The molecule has 0 radical (unpaired) electrons. The van der Waals surface area contributed by atoms with Crippen LogP contribution >= 0.6 is 7.82 Å². The van der Waals surface area contributed by atoms with E-state index < -0.39 is 7.82 Å². The van der Waals surface area contributed by atoms with Crippen LogP contribution in [-0.2, 0) is 22.9 Å². The average molecular weight is 294 g/mol. The van der Waals surface area contributed by atoms with Crippen molar-refractivity contribution in [2.24, 2.45) is 11.8 Å². The summed E-state index contributed by atoms with van der Waals surface area (Å²) in [5.41, 5.74) is 0. The van der Waals surface area contributed by atoms with Crippen molar-refractivity contribution in [3.8, 4) is 0 Å². The highest BCUT2D eigenvalue weighted by atomic mass is 31.2. The summed E-state index contributed by atoms with van der Waals surface area (Å²) in [5.74, 6) is 0.961. The molecule has 0 aliphatic carbocycles. The number of hydrogen-bond acceptors (Lipinski definition) is 5. The second-order valence-corrected chi connectivity index (χ2v) is 7.08. The number of rotatable bonds is 8. The van der Waals surface area contributed by atoms with E-state index >= 15 is 0 Å². The van der Waals surface area contributed by atoms with Gasteiger partial charge in [0.05, 0.1) is 18.8 Å². The molecule has 0 aromatic heterocycles. The van der Waals surface area contributed by atoms with Crippen molar-refractivity contribution in [2.75, 3.05) is 20.3 Å². The molecule has 1 aliphatic heterocycles. The lowest BCUT2D eigenvalue weighted by molar-refractivity contribution is 0.0153. The van der Waals surface area contributed by atoms with Crippen LogP contribution in [0.1, 0.15) is 40.5 Å². The van der Waals surface area contributed by atoms with Crippen LogP contribution in [0.4, 0.5) is 0 Å². The second kappa shape index (κ2) is 7.75. The lowest BCUT2D eigenvalue weighted by Gasteiger charge is -2.24. The smallest absolute Gasteiger partial charge is 0.375 e. The lowest BCUT2D eigenvalue weighted by atomic mass is 9.90. The van der Waals surface area contributed by atoms with Gasteiger partial charge in [-0.2, -0.15) is 0 Å². The molecule has 0 saturated carbocycles. The van der Waals surface area contributed by atoms with Crippen molar-refractivity contribution in [1.82, 2.24) is 0 Å². The van der Waals surface area contributed by atoms with Gasteiger partial charge in [-0.3, -0.25) is 13.6 Å². The van der Waals surface area contributed by atoms with Gasteiger partial charge in [-0.15, -0.1) is 0 Å². The van der Waals surface area contributed by atoms with Crippen LogP contribution in [0.3, 0.4) is 0 Å². The number of phosphoric acid groups is 1. The maximum atomic E-state index is 12.3. The largest absolute Gasteiger partial charge is 0.474 e. The van der Waals surface area contributed by atoms with Crippen molar-refractivity contribution < 1.29 is 22.9 Å². The molecular weight excluding hydrogens is 267 g/mol. The molecule has 0 aromatic carbocycles. The van der Waals surface area contributed by atoms with Crippen LogP contribution in [0.15, 0.2) is 0 Å². The Bertz CT molecular complexity index is 307. The summed E-state index contributed by atoms with van der Waals surface area (Å²) < 4.78 is 33.6. The van der Waals surface area contributed by atoms with E-state index in [1.54, 1.807) is 0 Å². The monoisotopic (exact) mass is 294 g/mol. The third-order valence-corrected chi connectivity index (χ3v) is 5.15. The normalized spacial score (nSPS) is 28.5. The van der Waals surface area contributed by atoms with Gasteiger partial charge >= 0.3 is 7.82 Å². The van der Waals surface area contributed by atoms with Crippen molar-refractivity contribution in [1.29, 1.82) is 0 Å². The first-order valence-electron chi connectivity index (χ1n) is 7.02. The van der Waals surface area contributed by atoms with Crippen molar-refractivity contribution in [2.45, 2.75) is 52.7 Å². The van der Waals surface area contributed by atoms with Crippen LogP contribution in [0.25, 0.3) is 0 Å². The fraction of sp³-hybridized carbons (Fsp3) is 1.00. The summed E-state index contributed by atoms with van der Waals surface area (Å²) in [5, 5.41) is 0. The van der Waals surface area contributed by atoms with Crippen molar-refractivity contribution >= 4 is 7.82 Å². The molecule has 1 aliphatic rings. The Balaban J connectivity index is 2.50.